The van der Waals surface area contributed by atoms with E-state index in [0.717, 1.165) is 28.9 Å². The summed E-state index contributed by atoms with van der Waals surface area (Å²) in [5.74, 6) is -0.661. The standard InChI is InChI=1S/C23H26FN3O3S.ClH/c1-16-7-8-20-22(17(16)2)25-23(31-20)27(10-9-26-11-13-29-14-12-26)21(28)15-30-19-6-4-3-5-18(19)24;/h3-8H,9-15H2,1-2H3;1H. The van der Waals surface area contributed by atoms with Gasteiger partial charge < -0.3 is 9.47 Å². The van der Waals surface area contributed by atoms with E-state index in [2.05, 4.69) is 17.9 Å². The third-order valence-electron chi connectivity index (χ3n) is 5.54. The van der Waals surface area contributed by atoms with Crippen LogP contribution in [-0.2, 0) is 9.53 Å². The molecule has 4 rings (SSSR count). The van der Waals surface area contributed by atoms with E-state index in [1.807, 2.05) is 13.0 Å². The van der Waals surface area contributed by atoms with Gasteiger partial charge in [0, 0.05) is 26.2 Å². The number of anilines is 1. The minimum Gasteiger partial charge on any atom is -0.481 e. The Bertz CT molecular complexity index is 1070. The van der Waals surface area contributed by atoms with Gasteiger partial charge in [0.1, 0.15) is 0 Å². The number of carbonyl (C=O) groups is 1. The minimum absolute atomic E-state index is 0. The first kappa shape index (κ1) is 24.4. The number of rotatable bonds is 7. The molecule has 2 heterocycles. The molecule has 1 aliphatic rings. The van der Waals surface area contributed by atoms with Gasteiger partial charge in [0.05, 0.1) is 23.4 Å². The average Bonchev–Trinajstić information content (AvgIpc) is 3.21. The van der Waals surface area contributed by atoms with Gasteiger partial charge in [-0.25, -0.2) is 9.37 Å². The topological polar surface area (TPSA) is 54.9 Å². The minimum atomic E-state index is -0.485. The maximum atomic E-state index is 13.9. The Morgan fingerprint density at radius 2 is 1.97 bits per heavy atom. The fourth-order valence-corrected chi connectivity index (χ4v) is 4.57. The van der Waals surface area contributed by atoms with Crippen molar-refractivity contribution >= 4 is 45.0 Å². The second-order valence-electron chi connectivity index (χ2n) is 7.57. The van der Waals surface area contributed by atoms with Gasteiger partial charge in [0.15, 0.2) is 23.3 Å². The van der Waals surface area contributed by atoms with Gasteiger partial charge in [-0.2, -0.15) is 0 Å². The van der Waals surface area contributed by atoms with Crippen molar-refractivity contribution in [3.63, 3.8) is 0 Å². The Labute approximate surface area is 197 Å². The second kappa shape index (κ2) is 11.0. The van der Waals surface area contributed by atoms with Crippen molar-refractivity contribution in [2.45, 2.75) is 13.8 Å². The quantitative estimate of drug-likeness (QED) is 0.508. The fraction of sp³-hybridized carbons (Fsp3) is 0.391. The molecule has 1 fully saturated rings. The number of fused-ring (bicyclic) bond motifs is 1. The van der Waals surface area contributed by atoms with Gasteiger partial charge in [-0.15, -0.1) is 12.4 Å². The Balaban J connectivity index is 0.00000289. The van der Waals surface area contributed by atoms with Crippen LogP contribution in [-0.4, -0.2) is 61.8 Å². The first-order valence-corrected chi connectivity index (χ1v) is 11.2. The molecule has 0 saturated carbocycles. The summed E-state index contributed by atoms with van der Waals surface area (Å²) < 4.78 is 25.8. The lowest BCUT2D eigenvalue weighted by Crippen LogP contribution is -2.44. The number of hydrogen-bond donors (Lipinski definition) is 0. The zero-order valence-electron chi connectivity index (χ0n) is 18.2. The van der Waals surface area contributed by atoms with Crippen molar-refractivity contribution in [1.29, 1.82) is 0 Å². The van der Waals surface area contributed by atoms with E-state index in [1.165, 1.54) is 29.0 Å². The van der Waals surface area contributed by atoms with E-state index < -0.39 is 5.82 Å². The van der Waals surface area contributed by atoms with E-state index >= 15 is 0 Å². The summed E-state index contributed by atoms with van der Waals surface area (Å²) in [6, 6.07) is 10.2. The molecule has 32 heavy (non-hydrogen) atoms. The number of carbonyl (C=O) groups excluding carboxylic acids is 1. The normalized spacial score (nSPS) is 14.2. The predicted octanol–water partition coefficient (Wildman–Crippen LogP) is 4.22. The number of benzene rings is 2. The molecule has 2 aromatic carbocycles. The van der Waals surface area contributed by atoms with Gasteiger partial charge in [-0.05, 0) is 43.2 Å². The van der Waals surface area contributed by atoms with E-state index in [-0.39, 0.29) is 30.7 Å². The molecule has 0 bridgehead atoms. The Hall–Kier alpha value is -2.26. The number of ether oxygens (including phenoxy) is 2. The maximum Gasteiger partial charge on any atom is 0.266 e. The van der Waals surface area contributed by atoms with Crippen LogP contribution in [0.1, 0.15) is 11.1 Å². The molecule has 0 spiro atoms. The molecule has 0 N–H and O–H groups in total. The van der Waals surface area contributed by atoms with Crippen LogP contribution in [0, 0.1) is 19.7 Å². The molecule has 6 nitrogen and oxygen atoms in total. The highest BCUT2D eigenvalue weighted by Crippen LogP contribution is 2.32. The van der Waals surface area contributed by atoms with Gasteiger partial charge in [0.2, 0.25) is 0 Å². The summed E-state index contributed by atoms with van der Waals surface area (Å²) in [6.45, 7) is 8.11. The molecule has 0 aliphatic carbocycles. The maximum absolute atomic E-state index is 13.9. The summed E-state index contributed by atoms with van der Waals surface area (Å²) in [7, 11) is 0. The van der Waals surface area contributed by atoms with Crippen molar-refractivity contribution in [1.82, 2.24) is 9.88 Å². The first-order chi connectivity index (χ1) is 15.0. The van der Waals surface area contributed by atoms with Crippen molar-refractivity contribution in [2.75, 3.05) is 50.9 Å². The van der Waals surface area contributed by atoms with E-state index in [9.17, 15) is 9.18 Å². The molecule has 0 atom stereocenters. The van der Waals surface area contributed by atoms with Crippen molar-refractivity contribution in [2.24, 2.45) is 0 Å². The average molecular weight is 480 g/mol. The molecule has 172 valence electrons. The molecule has 1 amide bonds. The highest BCUT2D eigenvalue weighted by atomic mass is 35.5. The smallest absolute Gasteiger partial charge is 0.266 e. The number of aryl methyl sites for hydroxylation is 2. The van der Waals surface area contributed by atoms with E-state index in [4.69, 9.17) is 14.5 Å². The number of halogens is 2. The Kier molecular flexibility index (Phi) is 8.42. The molecule has 0 radical (unpaired) electrons. The first-order valence-electron chi connectivity index (χ1n) is 10.4. The van der Waals surface area contributed by atoms with Crippen LogP contribution in [0.2, 0.25) is 0 Å². The summed E-state index contributed by atoms with van der Waals surface area (Å²) in [4.78, 5) is 21.8. The van der Waals surface area contributed by atoms with Crippen LogP contribution in [0.15, 0.2) is 36.4 Å². The van der Waals surface area contributed by atoms with Crippen LogP contribution in [0.25, 0.3) is 10.2 Å². The number of thiazole rings is 1. The van der Waals surface area contributed by atoms with Crippen LogP contribution >= 0.6 is 23.7 Å². The van der Waals surface area contributed by atoms with Gasteiger partial charge in [-0.1, -0.05) is 29.5 Å². The van der Waals surface area contributed by atoms with Crippen LogP contribution in [0.5, 0.6) is 5.75 Å². The zero-order valence-corrected chi connectivity index (χ0v) is 19.8. The van der Waals surface area contributed by atoms with Gasteiger partial charge >= 0.3 is 0 Å². The zero-order chi connectivity index (χ0) is 21.8. The molecule has 1 aromatic heterocycles. The highest BCUT2D eigenvalue weighted by Gasteiger charge is 2.23. The Morgan fingerprint density at radius 1 is 1.22 bits per heavy atom. The van der Waals surface area contributed by atoms with E-state index in [0.29, 0.717) is 31.4 Å². The number of para-hydroxylation sites is 1. The third-order valence-corrected chi connectivity index (χ3v) is 6.58. The van der Waals surface area contributed by atoms with E-state index in [1.54, 1.807) is 17.0 Å². The largest absolute Gasteiger partial charge is 0.481 e. The molecule has 0 unspecified atom stereocenters. The SMILES string of the molecule is Cc1ccc2sc(N(CCN3CCOCC3)C(=O)COc3ccccc3F)nc2c1C.Cl. The second-order valence-corrected chi connectivity index (χ2v) is 8.58. The molecule has 3 aromatic rings. The van der Waals surface area contributed by atoms with Gasteiger partial charge in [-0.3, -0.25) is 14.6 Å². The predicted molar refractivity (Wildman–Crippen MR) is 128 cm³/mol. The third kappa shape index (κ3) is 5.56. The van der Waals surface area contributed by atoms with Crippen LogP contribution in [0.3, 0.4) is 0 Å². The number of nitrogens with zero attached hydrogens (tertiary/aromatic N) is 3. The van der Waals surface area contributed by atoms with Gasteiger partial charge in [0.25, 0.3) is 5.91 Å². The number of hydrogen-bond acceptors (Lipinski definition) is 6. The summed E-state index contributed by atoms with van der Waals surface area (Å²) in [6.07, 6.45) is 0. The lowest BCUT2D eigenvalue weighted by molar-refractivity contribution is -0.120. The fourth-order valence-electron chi connectivity index (χ4n) is 3.50. The summed E-state index contributed by atoms with van der Waals surface area (Å²) >= 11 is 1.49. The van der Waals surface area contributed by atoms with Crippen molar-refractivity contribution in [3.05, 3.63) is 53.3 Å². The number of morpholine rings is 1. The van der Waals surface area contributed by atoms with Crippen LogP contribution < -0.4 is 9.64 Å². The lowest BCUT2D eigenvalue weighted by atomic mass is 10.1. The monoisotopic (exact) mass is 479 g/mol. The molecule has 1 saturated heterocycles. The van der Waals surface area contributed by atoms with Crippen LogP contribution in [0.4, 0.5) is 9.52 Å². The number of aromatic nitrogens is 1. The lowest BCUT2D eigenvalue weighted by Gasteiger charge is -2.29. The molecule has 1 aliphatic heterocycles. The van der Waals surface area contributed by atoms with Crippen molar-refractivity contribution < 1.29 is 18.7 Å². The highest BCUT2D eigenvalue weighted by molar-refractivity contribution is 7.22. The van der Waals surface area contributed by atoms with Crippen molar-refractivity contribution in [3.8, 4) is 5.75 Å². The molecular weight excluding hydrogens is 453 g/mol. The molecular formula is C23H27ClFN3O3S. The Morgan fingerprint density at radius 3 is 2.72 bits per heavy atom. The summed E-state index contributed by atoms with van der Waals surface area (Å²) in [5, 5.41) is 0.638. The molecule has 9 heteroatoms. The number of amides is 1. The summed E-state index contributed by atoms with van der Waals surface area (Å²) in [5.41, 5.74) is 3.20.